The van der Waals surface area contributed by atoms with Crippen molar-refractivity contribution in [2.45, 2.75) is 55.6 Å². The van der Waals surface area contributed by atoms with E-state index in [4.69, 9.17) is 10.5 Å². The first kappa shape index (κ1) is 12.5. The largest absolute Gasteiger partial charge is 0.381 e. The van der Waals surface area contributed by atoms with E-state index < -0.39 is 10.8 Å². The van der Waals surface area contributed by atoms with Gasteiger partial charge in [0.05, 0.1) is 5.25 Å². The van der Waals surface area contributed by atoms with Gasteiger partial charge in [0, 0.05) is 35.3 Å². The Balaban J connectivity index is 1.96. The SMILES string of the molecule is CC1CCC(N)C(S(=O)C2CCOCC2)C1. The average Bonchev–Trinajstić information content (AvgIpc) is 2.32. The van der Waals surface area contributed by atoms with Crippen molar-refractivity contribution >= 4 is 10.8 Å². The van der Waals surface area contributed by atoms with Crippen molar-refractivity contribution in [1.29, 1.82) is 0 Å². The molecule has 4 atom stereocenters. The number of hydrogen-bond donors (Lipinski definition) is 1. The van der Waals surface area contributed by atoms with Gasteiger partial charge in [-0.25, -0.2) is 0 Å². The Bertz CT molecular complexity index is 253. The van der Waals surface area contributed by atoms with Crippen LogP contribution in [0, 0.1) is 5.92 Å². The van der Waals surface area contributed by atoms with E-state index in [0.717, 1.165) is 38.9 Å². The molecule has 0 spiro atoms. The van der Waals surface area contributed by atoms with Gasteiger partial charge in [0.1, 0.15) is 0 Å². The van der Waals surface area contributed by atoms with E-state index in [1.54, 1.807) is 0 Å². The lowest BCUT2D eigenvalue weighted by molar-refractivity contribution is 0.0989. The fourth-order valence-electron chi connectivity index (χ4n) is 2.77. The first-order valence-corrected chi connectivity index (χ1v) is 7.69. The molecule has 1 aliphatic heterocycles. The second kappa shape index (κ2) is 5.61. The molecule has 2 N–H and O–H groups in total. The van der Waals surface area contributed by atoms with Crippen LogP contribution < -0.4 is 5.73 Å². The standard InChI is InChI=1S/C12H23NO2S/c1-9-2-3-11(13)12(8-9)16(14)10-4-6-15-7-5-10/h9-12H,2-8,13H2,1H3. The molecule has 0 radical (unpaired) electrons. The first-order valence-electron chi connectivity index (χ1n) is 6.41. The van der Waals surface area contributed by atoms with Gasteiger partial charge in [-0.3, -0.25) is 4.21 Å². The predicted octanol–water partition coefficient (Wildman–Crippen LogP) is 1.43. The zero-order valence-corrected chi connectivity index (χ0v) is 10.9. The molecule has 0 amide bonds. The van der Waals surface area contributed by atoms with Crippen LogP contribution >= 0.6 is 0 Å². The third kappa shape index (κ3) is 2.84. The third-order valence-corrected chi connectivity index (χ3v) is 6.17. The maximum Gasteiger partial charge on any atom is 0.0504 e. The Labute approximate surface area is 101 Å². The molecule has 1 heterocycles. The van der Waals surface area contributed by atoms with Gasteiger partial charge in [-0.05, 0) is 38.0 Å². The topological polar surface area (TPSA) is 52.3 Å². The van der Waals surface area contributed by atoms with Gasteiger partial charge in [-0.2, -0.15) is 0 Å². The van der Waals surface area contributed by atoms with Gasteiger partial charge in [0.2, 0.25) is 0 Å². The lowest BCUT2D eigenvalue weighted by Crippen LogP contribution is -2.46. The quantitative estimate of drug-likeness (QED) is 0.800. The van der Waals surface area contributed by atoms with E-state index in [9.17, 15) is 4.21 Å². The summed E-state index contributed by atoms with van der Waals surface area (Å²) in [5, 5.41) is 0.557. The summed E-state index contributed by atoms with van der Waals surface area (Å²) < 4.78 is 17.8. The van der Waals surface area contributed by atoms with Gasteiger partial charge in [-0.1, -0.05) is 6.92 Å². The highest BCUT2D eigenvalue weighted by atomic mass is 32.2. The normalized spacial score (nSPS) is 39.5. The lowest BCUT2D eigenvalue weighted by Gasteiger charge is -2.35. The van der Waals surface area contributed by atoms with Crippen LogP contribution in [0.4, 0.5) is 0 Å². The van der Waals surface area contributed by atoms with Crippen molar-refractivity contribution in [3.8, 4) is 0 Å². The first-order chi connectivity index (χ1) is 7.68. The monoisotopic (exact) mass is 245 g/mol. The van der Waals surface area contributed by atoms with Crippen molar-refractivity contribution in [2.75, 3.05) is 13.2 Å². The molecule has 0 aromatic rings. The Morgan fingerprint density at radius 2 is 1.88 bits per heavy atom. The summed E-state index contributed by atoms with van der Waals surface area (Å²) in [6.07, 6.45) is 5.18. The van der Waals surface area contributed by atoms with Gasteiger partial charge in [-0.15, -0.1) is 0 Å². The summed E-state index contributed by atoms with van der Waals surface area (Å²) in [7, 11) is -0.749. The Hall–Kier alpha value is 0.0700. The summed E-state index contributed by atoms with van der Waals surface area (Å²) in [6, 6.07) is 0.153. The molecule has 1 aliphatic carbocycles. The molecule has 2 aliphatic rings. The summed E-state index contributed by atoms with van der Waals surface area (Å²) in [5.41, 5.74) is 6.12. The molecule has 1 saturated carbocycles. The van der Waals surface area contributed by atoms with Crippen LogP contribution in [0.3, 0.4) is 0 Å². The average molecular weight is 245 g/mol. The highest BCUT2D eigenvalue weighted by Crippen LogP contribution is 2.29. The zero-order valence-electron chi connectivity index (χ0n) is 10.1. The minimum absolute atomic E-state index is 0.153. The molecule has 4 heteroatoms. The van der Waals surface area contributed by atoms with Crippen LogP contribution in [0.25, 0.3) is 0 Å². The number of hydrogen-bond acceptors (Lipinski definition) is 3. The van der Waals surface area contributed by atoms with Crippen LogP contribution in [0.5, 0.6) is 0 Å². The molecule has 2 fully saturated rings. The van der Waals surface area contributed by atoms with Crippen molar-refractivity contribution in [3.63, 3.8) is 0 Å². The lowest BCUT2D eigenvalue weighted by atomic mass is 9.87. The third-order valence-electron chi connectivity index (χ3n) is 3.90. The van der Waals surface area contributed by atoms with Gasteiger partial charge >= 0.3 is 0 Å². The molecule has 4 unspecified atom stereocenters. The van der Waals surface area contributed by atoms with Crippen molar-refractivity contribution in [1.82, 2.24) is 0 Å². The van der Waals surface area contributed by atoms with E-state index in [2.05, 4.69) is 6.92 Å². The molecule has 16 heavy (non-hydrogen) atoms. The van der Waals surface area contributed by atoms with E-state index in [1.165, 1.54) is 6.42 Å². The molecule has 0 bridgehead atoms. The number of rotatable bonds is 2. The van der Waals surface area contributed by atoms with Crippen molar-refractivity contribution in [3.05, 3.63) is 0 Å². The summed E-state index contributed by atoms with van der Waals surface area (Å²) in [6.45, 7) is 3.79. The van der Waals surface area contributed by atoms with Crippen LogP contribution in [0.2, 0.25) is 0 Å². The molecule has 94 valence electrons. The maximum absolute atomic E-state index is 12.5. The molecule has 1 saturated heterocycles. The molecular formula is C12H23NO2S. The van der Waals surface area contributed by atoms with Crippen LogP contribution in [-0.4, -0.2) is 34.0 Å². The van der Waals surface area contributed by atoms with Gasteiger partial charge in [0.15, 0.2) is 0 Å². The maximum atomic E-state index is 12.5. The fourth-order valence-corrected chi connectivity index (χ4v) is 4.92. The predicted molar refractivity (Wildman–Crippen MR) is 66.8 cm³/mol. The zero-order chi connectivity index (χ0) is 11.5. The number of nitrogens with two attached hydrogens (primary N) is 1. The minimum Gasteiger partial charge on any atom is -0.381 e. The summed E-state index contributed by atoms with van der Waals surface area (Å²) in [5.74, 6) is 0.689. The van der Waals surface area contributed by atoms with E-state index in [1.807, 2.05) is 0 Å². The molecule has 0 aromatic carbocycles. The second-order valence-corrected chi connectivity index (χ2v) is 7.19. The smallest absolute Gasteiger partial charge is 0.0504 e. The van der Waals surface area contributed by atoms with E-state index >= 15 is 0 Å². The summed E-state index contributed by atoms with van der Waals surface area (Å²) >= 11 is 0. The molecular weight excluding hydrogens is 222 g/mol. The highest BCUT2D eigenvalue weighted by molar-refractivity contribution is 7.86. The summed E-state index contributed by atoms with van der Waals surface area (Å²) in [4.78, 5) is 0. The minimum atomic E-state index is -0.749. The highest BCUT2D eigenvalue weighted by Gasteiger charge is 2.34. The van der Waals surface area contributed by atoms with Crippen LogP contribution in [0.1, 0.15) is 39.0 Å². The Kier molecular flexibility index (Phi) is 4.39. The van der Waals surface area contributed by atoms with E-state index in [-0.39, 0.29) is 11.3 Å². The second-order valence-electron chi connectivity index (χ2n) is 5.26. The van der Waals surface area contributed by atoms with Crippen LogP contribution in [0.15, 0.2) is 0 Å². The molecule has 2 rings (SSSR count). The van der Waals surface area contributed by atoms with Crippen molar-refractivity contribution < 1.29 is 8.95 Å². The number of ether oxygens (including phenoxy) is 1. The van der Waals surface area contributed by atoms with E-state index in [0.29, 0.717) is 11.2 Å². The fraction of sp³-hybridized carbons (Fsp3) is 1.00. The van der Waals surface area contributed by atoms with Gasteiger partial charge in [0.25, 0.3) is 0 Å². The Morgan fingerprint density at radius 3 is 2.56 bits per heavy atom. The molecule has 0 aromatic heterocycles. The Morgan fingerprint density at radius 1 is 1.19 bits per heavy atom. The van der Waals surface area contributed by atoms with Crippen LogP contribution in [-0.2, 0) is 15.5 Å². The van der Waals surface area contributed by atoms with Gasteiger partial charge < -0.3 is 10.5 Å². The molecule has 3 nitrogen and oxygen atoms in total. The van der Waals surface area contributed by atoms with Crippen molar-refractivity contribution in [2.24, 2.45) is 11.7 Å².